The Morgan fingerprint density at radius 3 is 1.73 bits per heavy atom. The highest BCUT2D eigenvalue weighted by atomic mass is 16.1. The summed E-state index contributed by atoms with van der Waals surface area (Å²) >= 11 is 0. The first-order valence-electron chi connectivity index (χ1n) is 4.36. The van der Waals surface area contributed by atoms with Gasteiger partial charge in [0.25, 0.3) is 0 Å². The van der Waals surface area contributed by atoms with Crippen LogP contribution in [0.25, 0.3) is 0 Å². The number of carbonyl (C=O) groups is 1. The molecule has 1 aliphatic rings. The van der Waals surface area contributed by atoms with Gasteiger partial charge in [0.05, 0.1) is 0 Å². The van der Waals surface area contributed by atoms with E-state index < -0.39 is 0 Å². The predicted molar refractivity (Wildman–Crippen MR) is 47.4 cm³/mol. The molecule has 1 fully saturated rings. The van der Waals surface area contributed by atoms with Gasteiger partial charge in [-0.2, -0.15) is 0 Å². The lowest BCUT2D eigenvalue weighted by Gasteiger charge is -2.03. The van der Waals surface area contributed by atoms with Crippen molar-refractivity contribution in [3.8, 4) is 0 Å². The summed E-state index contributed by atoms with van der Waals surface area (Å²) in [6.07, 6.45) is 3.31. The minimum absolute atomic E-state index is 0.833. The molecule has 2 nitrogen and oxygen atoms in total. The van der Waals surface area contributed by atoms with Crippen LogP contribution in [0.4, 0.5) is 0 Å². The predicted octanol–water partition coefficient (Wildman–Crippen LogP) is 1.90. The van der Waals surface area contributed by atoms with Crippen molar-refractivity contribution in [1.82, 2.24) is 4.90 Å². The van der Waals surface area contributed by atoms with Crippen molar-refractivity contribution in [1.29, 1.82) is 0 Å². The Morgan fingerprint density at radius 2 is 1.55 bits per heavy atom. The van der Waals surface area contributed by atoms with Crippen molar-refractivity contribution < 1.29 is 4.79 Å². The second-order valence-electron chi connectivity index (χ2n) is 3.58. The zero-order chi connectivity index (χ0) is 8.69. The summed E-state index contributed by atoms with van der Waals surface area (Å²) < 4.78 is 0. The molecular weight excluding hydrogens is 138 g/mol. The Balaban J connectivity index is 0.000000218. The van der Waals surface area contributed by atoms with E-state index >= 15 is 0 Å². The van der Waals surface area contributed by atoms with E-state index in [1.54, 1.807) is 4.90 Å². The molecule has 1 amide bonds. The molecule has 11 heavy (non-hydrogen) atoms. The van der Waals surface area contributed by atoms with Crippen molar-refractivity contribution in [3.05, 3.63) is 0 Å². The largest absolute Gasteiger partial charge is 0.345 e. The molecule has 1 rings (SSSR count). The molecule has 0 saturated carbocycles. The maximum atomic E-state index is 9.93. The molecule has 0 bridgehead atoms. The van der Waals surface area contributed by atoms with Crippen LogP contribution in [-0.2, 0) is 4.79 Å². The van der Waals surface area contributed by atoms with Crippen molar-refractivity contribution in [2.45, 2.75) is 33.6 Å². The molecule has 0 aliphatic carbocycles. The van der Waals surface area contributed by atoms with Crippen LogP contribution in [0.1, 0.15) is 33.6 Å². The van der Waals surface area contributed by atoms with Crippen LogP contribution < -0.4 is 0 Å². The van der Waals surface area contributed by atoms with Gasteiger partial charge in [-0.25, -0.2) is 0 Å². The Labute approximate surface area is 69.6 Å². The van der Waals surface area contributed by atoms with E-state index in [1.165, 1.54) is 12.8 Å². The SMILES string of the molecule is CC(C)C.O=CN1CCCC1. The molecule has 1 heterocycles. The standard InChI is InChI=1S/C5H9NO.C4H10/c7-5-6-3-1-2-4-6;1-4(2)3/h5H,1-4H2;4H,1-3H3. The number of carbonyl (C=O) groups excluding carboxylic acids is 1. The highest BCUT2D eigenvalue weighted by Crippen LogP contribution is 2.02. The van der Waals surface area contributed by atoms with Crippen LogP contribution in [0, 0.1) is 5.92 Å². The Hall–Kier alpha value is -0.530. The average molecular weight is 157 g/mol. The number of hydrogen-bond donors (Lipinski definition) is 0. The fraction of sp³-hybridized carbons (Fsp3) is 0.889. The molecule has 0 atom stereocenters. The van der Waals surface area contributed by atoms with Gasteiger partial charge in [0.15, 0.2) is 0 Å². The lowest BCUT2D eigenvalue weighted by atomic mass is 10.3. The fourth-order valence-electron chi connectivity index (χ4n) is 0.847. The van der Waals surface area contributed by atoms with Gasteiger partial charge in [-0.3, -0.25) is 4.79 Å². The second kappa shape index (κ2) is 6.20. The molecule has 1 aliphatic heterocycles. The molecular formula is C9H19NO. The van der Waals surface area contributed by atoms with Crippen molar-refractivity contribution in [3.63, 3.8) is 0 Å². The minimum Gasteiger partial charge on any atom is -0.345 e. The number of hydrogen-bond acceptors (Lipinski definition) is 1. The molecule has 0 spiro atoms. The third-order valence-corrected chi connectivity index (χ3v) is 1.29. The molecule has 1 saturated heterocycles. The van der Waals surface area contributed by atoms with Crippen molar-refractivity contribution in [2.75, 3.05) is 13.1 Å². The Bertz CT molecular complexity index is 93.0. The molecule has 66 valence electrons. The minimum atomic E-state index is 0.833. The van der Waals surface area contributed by atoms with Gasteiger partial charge in [0, 0.05) is 13.1 Å². The van der Waals surface area contributed by atoms with E-state index in [0.29, 0.717) is 0 Å². The van der Waals surface area contributed by atoms with Gasteiger partial charge in [-0.15, -0.1) is 0 Å². The molecule has 0 unspecified atom stereocenters. The maximum absolute atomic E-state index is 9.93. The van der Waals surface area contributed by atoms with E-state index in [9.17, 15) is 4.79 Å². The van der Waals surface area contributed by atoms with E-state index in [2.05, 4.69) is 20.8 Å². The van der Waals surface area contributed by atoms with E-state index in [1.807, 2.05) is 0 Å². The zero-order valence-corrected chi connectivity index (χ0v) is 7.84. The third kappa shape index (κ3) is 7.37. The number of likely N-dealkylation sites (tertiary alicyclic amines) is 1. The van der Waals surface area contributed by atoms with Gasteiger partial charge in [0.2, 0.25) is 6.41 Å². The molecule has 0 N–H and O–H groups in total. The highest BCUT2D eigenvalue weighted by Gasteiger charge is 2.06. The van der Waals surface area contributed by atoms with Crippen molar-refractivity contribution in [2.24, 2.45) is 5.92 Å². The summed E-state index contributed by atoms with van der Waals surface area (Å²) in [4.78, 5) is 11.7. The molecule has 0 aromatic heterocycles. The Kier molecular flexibility index (Phi) is 5.90. The Morgan fingerprint density at radius 1 is 1.18 bits per heavy atom. The number of rotatable bonds is 1. The average Bonchev–Trinajstić information content (AvgIpc) is 2.36. The summed E-state index contributed by atoms with van der Waals surface area (Å²) in [6, 6.07) is 0. The summed E-state index contributed by atoms with van der Waals surface area (Å²) in [5, 5.41) is 0. The number of nitrogens with zero attached hydrogens (tertiary/aromatic N) is 1. The maximum Gasteiger partial charge on any atom is 0.209 e. The van der Waals surface area contributed by atoms with Crippen LogP contribution >= 0.6 is 0 Å². The first-order valence-corrected chi connectivity index (χ1v) is 4.36. The van der Waals surface area contributed by atoms with Crippen LogP contribution in [0.3, 0.4) is 0 Å². The van der Waals surface area contributed by atoms with Crippen molar-refractivity contribution >= 4 is 6.41 Å². The van der Waals surface area contributed by atoms with Gasteiger partial charge in [-0.05, 0) is 18.8 Å². The van der Waals surface area contributed by atoms with Crippen LogP contribution in [-0.4, -0.2) is 24.4 Å². The molecule has 0 aromatic rings. The van der Waals surface area contributed by atoms with Gasteiger partial charge < -0.3 is 4.90 Å². The lowest BCUT2D eigenvalue weighted by molar-refractivity contribution is -0.117. The smallest absolute Gasteiger partial charge is 0.209 e. The summed E-state index contributed by atoms with van der Waals surface area (Å²) in [6.45, 7) is 8.45. The fourth-order valence-corrected chi connectivity index (χ4v) is 0.847. The van der Waals surface area contributed by atoms with Gasteiger partial charge in [-0.1, -0.05) is 20.8 Å². The molecule has 0 aromatic carbocycles. The normalized spacial score (nSPS) is 16.2. The van der Waals surface area contributed by atoms with Crippen LogP contribution in [0.15, 0.2) is 0 Å². The molecule has 0 radical (unpaired) electrons. The van der Waals surface area contributed by atoms with E-state index in [0.717, 1.165) is 25.4 Å². The van der Waals surface area contributed by atoms with E-state index in [-0.39, 0.29) is 0 Å². The first kappa shape index (κ1) is 10.5. The second-order valence-corrected chi connectivity index (χ2v) is 3.58. The topological polar surface area (TPSA) is 20.3 Å². The monoisotopic (exact) mass is 157 g/mol. The van der Waals surface area contributed by atoms with Crippen LogP contribution in [0.5, 0.6) is 0 Å². The van der Waals surface area contributed by atoms with E-state index in [4.69, 9.17) is 0 Å². The summed E-state index contributed by atoms with van der Waals surface area (Å²) in [5.74, 6) is 0.833. The summed E-state index contributed by atoms with van der Waals surface area (Å²) in [7, 11) is 0. The first-order chi connectivity index (χ1) is 5.16. The lowest BCUT2D eigenvalue weighted by Crippen LogP contribution is -2.15. The highest BCUT2D eigenvalue weighted by molar-refractivity contribution is 5.47. The summed E-state index contributed by atoms with van der Waals surface area (Å²) in [5.41, 5.74) is 0. The quantitative estimate of drug-likeness (QED) is 0.532. The molecule has 2 heteroatoms. The third-order valence-electron chi connectivity index (χ3n) is 1.29. The van der Waals surface area contributed by atoms with Gasteiger partial charge >= 0.3 is 0 Å². The van der Waals surface area contributed by atoms with Gasteiger partial charge in [0.1, 0.15) is 0 Å². The zero-order valence-electron chi connectivity index (χ0n) is 7.84. The number of amides is 1. The van der Waals surface area contributed by atoms with Crippen LogP contribution in [0.2, 0.25) is 0 Å².